The van der Waals surface area contributed by atoms with E-state index in [-0.39, 0.29) is 18.3 Å². The number of aromatic nitrogens is 2. The maximum atomic E-state index is 13.1. The van der Waals surface area contributed by atoms with Crippen LogP contribution in [0.5, 0.6) is 5.75 Å². The van der Waals surface area contributed by atoms with Gasteiger partial charge in [-0.3, -0.25) is 10.1 Å². The molecule has 0 aliphatic carbocycles. The molecule has 0 atom stereocenters. The highest BCUT2D eigenvalue weighted by Gasteiger charge is 2.36. The van der Waals surface area contributed by atoms with E-state index in [0.717, 1.165) is 12.1 Å². The van der Waals surface area contributed by atoms with E-state index in [0.29, 0.717) is 10.9 Å². The van der Waals surface area contributed by atoms with E-state index < -0.39 is 28.1 Å². The summed E-state index contributed by atoms with van der Waals surface area (Å²) < 4.78 is 49.3. The van der Waals surface area contributed by atoms with Crippen molar-refractivity contribution in [2.45, 2.75) is 12.8 Å². The highest BCUT2D eigenvalue weighted by Crippen LogP contribution is 2.38. The lowest BCUT2D eigenvalue weighted by molar-refractivity contribution is -0.385. The van der Waals surface area contributed by atoms with E-state index in [1.807, 2.05) is 5.38 Å². The molecule has 2 heterocycles. The smallest absolute Gasteiger partial charge is 0.420 e. The number of nitrogens with zero attached hydrogens (tertiary/aromatic N) is 3. The number of benzene rings is 1. The Labute approximate surface area is 141 Å². The molecule has 0 bridgehead atoms. The molecule has 3 rings (SSSR count). The molecule has 1 aromatic carbocycles. The Kier molecular flexibility index (Phi) is 4.40. The summed E-state index contributed by atoms with van der Waals surface area (Å²) in [5.74, 6) is -0.274. The lowest BCUT2D eigenvalue weighted by atomic mass is 10.1. The van der Waals surface area contributed by atoms with Crippen LogP contribution < -0.4 is 4.74 Å². The molecule has 7 nitrogen and oxygen atoms in total. The SMILES string of the molecule is O=[N+]([O-])c1ccc(OCc2noc(-c3cccs3)n2)c(C(F)(F)F)c1. The molecule has 0 aliphatic rings. The van der Waals surface area contributed by atoms with Crippen LogP contribution in [0.25, 0.3) is 10.8 Å². The lowest BCUT2D eigenvalue weighted by Gasteiger charge is -2.12. The van der Waals surface area contributed by atoms with Gasteiger partial charge in [0.15, 0.2) is 6.61 Å². The minimum atomic E-state index is -4.80. The van der Waals surface area contributed by atoms with Gasteiger partial charge in [-0.2, -0.15) is 18.2 Å². The van der Waals surface area contributed by atoms with Gasteiger partial charge in [0, 0.05) is 12.1 Å². The zero-order chi connectivity index (χ0) is 18.0. The molecular weight excluding hydrogens is 363 g/mol. The fourth-order valence-corrected chi connectivity index (χ4v) is 2.58. The first kappa shape index (κ1) is 16.9. The quantitative estimate of drug-likeness (QED) is 0.490. The van der Waals surface area contributed by atoms with Gasteiger partial charge < -0.3 is 9.26 Å². The molecule has 3 aromatic rings. The number of thiophene rings is 1. The number of rotatable bonds is 5. The maximum absolute atomic E-state index is 13.1. The van der Waals surface area contributed by atoms with Crippen molar-refractivity contribution in [1.82, 2.24) is 10.1 Å². The van der Waals surface area contributed by atoms with Crippen molar-refractivity contribution in [1.29, 1.82) is 0 Å². The van der Waals surface area contributed by atoms with Gasteiger partial charge in [0.25, 0.3) is 11.6 Å². The third-order valence-electron chi connectivity index (χ3n) is 3.04. The Balaban J connectivity index is 1.80. The number of alkyl halides is 3. The molecule has 0 saturated heterocycles. The van der Waals surface area contributed by atoms with Crippen LogP contribution in [0.2, 0.25) is 0 Å². The zero-order valence-electron chi connectivity index (χ0n) is 12.2. The third kappa shape index (κ3) is 3.76. The number of hydrogen-bond donors (Lipinski definition) is 0. The molecule has 130 valence electrons. The zero-order valence-corrected chi connectivity index (χ0v) is 13.0. The Bertz CT molecular complexity index is 893. The van der Waals surface area contributed by atoms with Gasteiger partial charge >= 0.3 is 6.18 Å². The van der Waals surface area contributed by atoms with E-state index in [1.165, 1.54) is 11.3 Å². The average Bonchev–Trinajstić information content (AvgIpc) is 3.23. The van der Waals surface area contributed by atoms with Crippen LogP contribution in [-0.4, -0.2) is 15.1 Å². The van der Waals surface area contributed by atoms with Gasteiger partial charge in [-0.05, 0) is 17.5 Å². The van der Waals surface area contributed by atoms with Crippen molar-refractivity contribution < 1.29 is 27.4 Å². The number of nitro groups is 1. The molecule has 11 heteroatoms. The molecule has 0 fully saturated rings. The second-order valence-corrected chi connectivity index (χ2v) is 5.66. The monoisotopic (exact) mass is 371 g/mol. The summed E-state index contributed by atoms with van der Waals surface area (Å²) in [6, 6.07) is 5.77. The van der Waals surface area contributed by atoms with Gasteiger partial charge in [-0.1, -0.05) is 11.2 Å². The van der Waals surface area contributed by atoms with Gasteiger partial charge in [0.1, 0.15) is 11.3 Å². The standard InChI is InChI=1S/C14H8F3N3O4S/c15-14(16,17)9-6-8(20(21)22)3-4-10(9)23-7-12-18-13(24-19-12)11-2-1-5-25-11/h1-6H,7H2. The van der Waals surface area contributed by atoms with Crippen molar-refractivity contribution in [3.05, 3.63) is 57.2 Å². The van der Waals surface area contributed by atoms with Gasteiger partial charge in [-0.15, -0.1) is 11.3 Å². The molecule has 0 N–H and O–H groups in total. The molecule has 0 unspecified atom stereocenters. The fourth-order valence-electron chi connectivity index (χ4n) is 1.93. The first-order chi connectivity index (χ1) is 11.8. The summed E-state index contributed by atoms with van der Waals surface area (Å²) in [4.78, 5) is 14.5. The van der Waals surface area contributed by atoms with Crippen LogP contribution in [0.4, 0.5) is 18.9 Å². The van der Waals surface area contributed by atoms with Gasteiger partial charge in [-0.25, -0.2) is 0 Å². The highest BCUT2D eigenvalue weighted by molar-refractivity contribution is 7.13. The second kappa shape index (κ2) is 6.51. The fraction of sp³-hybridized carbons (Fsp3) is 0.143. The summed E-state index contributed by atoms with van der Waals surface area (Å²) in [6.45, 7) is -0.379. The molecule has 0 spiro atoms. The first-order valence-corrected chi connectivity index (χ1v) is 7.57. The van der Waals surface area contributed by atoms with Crippen molar-refractivity contribution in [3.8, 4) is 16.5 Å². The molecule has 0 saturated carbocycles. The van der Waals surface area contributed by atoms with Crippen LogP contribution in [0, 0.1) is 10.1 Å². The largest absolute Gasteiger partial charge is 0.485 e. The van der Waals surface area contributed by atoms with E-state index in [1.54, 1.807) is 12.1 Å². The predicted molar refractivity (Wildman–Crippen MR) is 80.0 cm³/mol. The van der Waals surface area contributed by atoms with Crippen LogP contribution in [0.15, 0.2) is 40.2 Å². The van der Waals surface area contributed by atoms with Crippen LogP contribution in [-0.2, 0) is 12.8 Å². The van der Waals surface area contributed by atoms with Crippen molar-refractivity contribution in [2.75, 3.05) is 0 Å². The molecular formula is C14H8F3N3O4S. The summed E-state index contributed by atoms with van der Waals surface area (Å²) in [7, 11) is 0. The average molecular weight is 371 g/mol. The number of halogens is 3. The molecule has 2 aromatic heterocycles. The van der Waals surface area contributed by atoms with Crippen molar-refractivity contribution in [3.63, 3.8) is 0 Å². The van der Waals surface area contributed by atoms with Crippen molar-refractivity contribution in [2.24, 2.45) is 0 Å². The molecule has 0 radical (unpaired) electrons. The summed E-state index contributed by atoms with van der Waals surface area (Å²) in [5.41, 5.74) is -1.93. The minimum absolute atomic E-state index is 0.0508. The van der Waals surface area contributed by atoms with Gasteiger partial charge in [0.05, 0.1) is 9.80 Å². The summed E-state index contributed by atoms with van der Waals surface area (Å²) in [5, 5.41) is 16.1. The highest BCUT2D eigenvalue weighted by atomic mass is 32.1. The topological polar surface area (TPSA) is 91.3 Å². The Morgan fingerprint density at radius 2 is 2.12 bits per heavy atom. The third-order valence-corrected chi connectivity index (χ3v) is 3.89. The van der Waals surface area contributed by atoms with E-state index in [2.05, 4.69) is 10.1 Å². The summed E-state index contributed by atoms with van der Waals surface area (Å²) in [6.07, 6.45) is -4.80. The normalized spacial score (nSPS) is 11.5. The number of nitro benzene ring substituents is 1. The molecule has 0 amide bonds. The Hall–Kier alpha value is -2.95. The number of hydrogen-bond acceptors (Lipinski definition) is 7. The Morgan fingerprint density at radius 1 is 1.32 bits per heavy atom. The van der Waals surface area contributed by atoms with E-state index in [9.17, 15) is 23.3 Å². The van der Waals surface area contributed by atoms with Crippen LogP contribution in [0.1, 0.15) is 11.4 Å². The van der Waals surface area contributed by atoms with Crippen LogP contribution >= 0.6 is 11.3 Å². The first-order valence-electron chi connectivity index (χ1n) is 6.69. The number of ether oxygens (including phenoxy) is 1. The number of non-ortho nitro benzene ring substituents is 1. The van der Waals surface area contributed by atoms with E-state index >= 15 is 0 Å². The van der Waals surface area contributed by atoms with Crippen LogP contribution in [0.3, 0.4) is 0 Å². The molecule has 25 heavy (non-hydrogen) atoms. The predicted octanol–water partition coefficient (Wildman–Crippen LogP) is 4.30. The van der Waals surface area contributed by atoms with Crippen molar-refractivity contribution >= 4 is 17.0 Å². The molecule has 0 aliphatic heterocycles. The minimum Gasteiger partial charge on any atom is -0.485 e. The summed E-state index contributed by atoms with van der Waals surface area (Å²) >= 11 is 1.36. The van der Waals surface area contributed by atoms with E-state index in [4.69, 9.17) is 9.26 Å². The second-order valence-electron chi connectivity index (χ2n) is 4.72. The van der Waals surface area contributed by atoms with Gasteiger partial charge in [0.2, 0.25) is 5.82 Å². The Morgan fingerprint density at radius 3 is 2.76 bits per heavy atom. The maximum Gasteiger partial charge on any atom is 0.420 e. The lowest BCUT2D eigenvalue weighted by Crippen LogP contribution is -2.10.